The zero-order valence-electron chi connectivity index (χ0n) is 13.8. The molecule has 0 aliphatic carbocycles. The molecule has 1 unspecified atom stereocenters. The van der Waals surface area contributed by atoms with Gasteiger partial charge in [-0.15, -0.1) is 0 Å². The van der Waals surface area contributed by atoms with Gasteiger partial charge in [0.05, 0.1) is 6.42 Å². The van der Waals surface area contributed by atoms with Gasteiger partial charge in [0.25, 0.3) is 0 Å². The van der Waals surface area contributed by atoms with Crippen LogP contribution in [0.4, 0.5) is 5.69 Å². The van der Waals surface area contributed by atoms with Gasteiger partial charge in [-0.1, -0.05) is 19.1 Å². The van der Waals surface area contributed by atoms with Gasteiger partial charge in [0.2, 0.25) is 17.7 Å². The molecule has 1 heterocycles. The van der Waals surface area contributed by atoms with Gasteiger partial charge in [0.1, 0.15) is 0 Å². The first-order chi connectivity index (χ1) is 11.5. The van der Waals surface area contributed by atoms with E-state index in [4.69, 9.17) is 5.73 Å². The Morgan fingerprint density at radius 2 is 1.83 bits per heavy atom. The lowest BCUT2D eigenvalue weighted by Crippen LogP contribution is -2.38. The van der Waals surface area contributed by atoms with E-state index >= 15 is 0 Å². The SMILES string of the molecule is CC(CC(N)=O)C(=O)Nc1ccc(CC(=O)N2CCSCC2)cc1. The predicted octanol–water partition coefficient (Wildman–Crippen LogP) is 1.25. The van der Waals surface area contributed by atoms with Gasteiger partial charge in [-0.3, -0.25) is 14.4 Å². The van der Waals surface area contributed by atoms with Crippen molar-refractivity contribution < 1.29 is 14.4 Å². The first kappa shape index (κ1) is 18.3. The van der Waals surface area contributed by atoms with Crippen LogP contribution in [-0.4, -0.2) is 47.2 Å². The molecule has 1 aromatic rings. The van der Waals surface area contributed by atoms with Crippen molar-refractivity contribution in [2.24, 2.45) is 11.7 Å². The quantitative estimate of drug-likeness (QED) is 0.808. The summed E-state index contributed by atoms with van der Waals surface area (Å²) in [6, 6.07) is 7.21. The highest BCUT2D eigenvalue weighted by Gasteiger charge is 2.17. The highest BCUT2D eigenvalue weighted by Crippen LogP contribution is 2.15. The molecule has 1 atom stereocenters. The van der Waals surface area contributed by atoms with Crippen molar-refractivity contribution in [3.05, 3.63) is 29.8 Å². The molecule has 1 saturated heterocycles. The smallest absolute Gasteiger partial charge is 0.227 e. The van der Waals surface area contributed by atoms with Crippen molar-refractivity contribution in [3.63, 3.8) is 0 Å². The van der Waals surface area contributed by atoms with Gasteiger partial charge < -0.3 is 16.0 Å². The number of benzene rings is 1. The molecule has 3 N–H and O–H groups in total. The second kappa shape index (κ2) is 8.73. The summed E-state index contributed by atoms with van der Waals surface area (Å²) in [4.78, 5) is 36.9. The predicted molar refractivity (Wildman–Crippen MR) is 95.7 cm³/mol. The summed E-state index contributed by atoms with van der Waals surface area (Å²) in [7, 11) is 0. The third-order valence-corrected chi connectivity index (χ3v) is 4.84. The Hall–Kier alpha value is -2.02. The molecule has 6 nitrogen and oxygen atoms in total. The number of anilines is 1. The third-order valence-electron chi connectivity index (χ3n) is 3.90. The Kier molecular flexibility index (Phi) is 6.66. The van der Waals surface area contributed by atoms with E-state index in [0.717, 1.165) is 30.2 Å². The van der Waals surface area contributed by atoms with Gasteiger partial charge in [0, 0.05) is 42.6 Å². The number of amides is 3. The van der Waals surface area contributed by atoms with Gasteiger partial charge in [-0.2, -0.15) is 11.8 Å². The number of thioether (sulfide) groups is 1. The lowest BCUT2D eigenvalue weighted by molar-refractivity contribution is -0.130. The Morgan fingerprint density at radius 3 is 2.42 bits per heavy atom. The third kappa shape index (κ3) is 5.56. The van der Waals surface area contributed by atoms with E-state index in [0.29, 0.717) is 12.1 Å². The number of carbonyl (C=O) groups excluding carboxylic acids is 3. The highest BCUT2D eigenvalue weighted by atomic mass is 32.2. The Morgan fingerprint density at radius 1 is 1.21 bits per heavy atom. The fourth-order valence-electron chi connectivity index (χ4n) is 2.47. The van der Waals surface area contributed by atoms with E-state index in [1.807, 2.05) is 28.8 Å². The number of nitrogens with zero attached hydrogens (tertiary/aromatic N) is 1. The van der Waals surface area contributed by atoms with Crippen LogP contribution in [0.15, 0.2) is 24.3 Å². The number of carbonyl (C=O) groups is 3. The molecule has 24 heavy (non-hydrogen) atoms. The molecule has 1 aliphatic heterocycles. The van der Waals surface area contributed by atoms with E-state index < -0.39 is 11.8 Å². The largest absolute Gasteiger partial charge is 0.370 e. The molecule has 130 valence electrons. The summed E-state index contributed by atoms with van der Waals surface area (Å²) in [5.74, 6) is 0.925. The molecule has 0 saturated carbocycles. The van der Waals surface area contributed by atoms with Gasteiger partial charge in [-0.05, 0) is 17.7 Å². The number of hydrogen-bond acceptors (Lipinski definition) is 4. The summed E-state index contributed by atoms with van der Waals surface area (Å²) in [6.45, 7) is 3.29. The normalized spacial score (nSPS) is 15.6. The van der Waals surface area contributed by atoms with Crippen LogP contribution in [0.1, 0.15) is 18.9 Å². The molecule has 0 bridgehead atoms. The molecule has 0 aromatic heterocycles. The van der Waals surface area contributed by atoms with Crippen LogP contribution in [0, 0.1) is 5.92 Å². The average Bonchev–Trinajstić information content (AvgIpc) is 2.56. The molecule has 2 rings (SSSR count). The number of nitrogens with one attached hydrogen (secondary N) is 1. The number of primary amides is 1. The second-order valence-corrected chi connectivity index (χ2v) is 7.15. The lowest BCUT2D eigenvalue weighted by atomic mass is 10.1. The van der Waals surface area contributed by atoms with Crippen LogP contribution >= 0.6 is 11.8 Å². The van der Waals surface area contributed by atoms with E-state index in [-0.39, 0.29) is 18.2 Å². The average molecular weight is 349 g/mol. The summed E-state index contributed by atoms with van der Waals surface area (Å²) >= 11 is 1.87. The molecule has 1 aromatic carbocycles. The molecular weight excluding hydrogens is 326 g/mol. The lowest BCUT2D eigenvalue weighted by Gasteiger charge is -2.26. The first-order valence-electron chi connectivity index (χ1n) is 7.99. The first-order valence-corrected chi connectivity index (χ1v) is 9.15. The van der Waals surface area contributed by atoms with Crippen molar-refractivity contribution in [1.82, 2.24) is 4.90 Å². The maximum absolute atomic E-state index is 12.2. The molecule has 1 aliphatic rings. The highest BCUT2D eigenvalue weighted by molar-refractivity contribution is 7.99. The van der Waals surface area contributed by atoms with Crippen LogP contribution in [0.5, 0.6) is 0 Å². The number of hydrogen-bond donors (Lipinski definition) is 2. The van der Waals surface area contributed by atoms with Crippen LogP contribution in [0.25, 0.3) is 0 Å². The van der Waals surface area contributed by atoms with E-state index in [9.17, 15) is 14.4 Å². The molecule has 7 heteroatoms. The number of rotatable bonds is 6. The Labute approximate surface area is 146 Å². The summed E-state index contributed by atoms with van der Waals surface area (Å²) in [5, 5.41) is 2.75. The minimum Gasteiger partial charge on any atom is -0.370 e. The van der Waals surface area contributed by atoms with Crippen LogP contribution < -0.4 is 11.1 Å². The van der Waals surface area contributed by atoms with Crippen molar-refractivity contribution in [3.8, 4) is 0 Å². The minimum atomic E-state index is -0.498. The Balaban J connectivity index is 1.87. The van der Waals surface area contributed by atoms with Crippen LogP contribution in [-0.2, 0) is 20.8 Å². The Bertz CT molecular complexity index is 598. The van der Waals surface area contributed by atoms with E-state index in [1.165, 1.54) is 0 Å². The maximum atomic E-state index is 12.2. The van der Waals surface area contributed by atoms with E-state index in [1.54, 1.807) is 19.1 Å². The fourth-order valence-corrected chi connectivity index (χ4v) is 3.37. The zero-order chi connectivity index (χ0) is 17.5. The van der Waals surface area contributed by atoms with E-state index in [2.05, 4.69) is 5.32 Å². The standard InChI is InChI=1S/C17H23N3O3S/c1-12(10-15(18)21)17(23)19-14-4-2-13(3-5-14)11-16(22)20-6-8-24-9-7-20/h2-5,12H,6-11H2,1H3,(H2,18,21)(H,19,23). The summed E-state index contributed by atoms with van der Waals surface area (Å²) in [5.41, 5.74) is 6.65. The zero-order valence-corrected chi connectivity index (χ0v) is 14.6. The van der Waals surface area contributed by atoms with Crippen LogP contribution in [0.2, 0.25) is 0 Å². The molecule has 0 spiro atoms. The topological polar surface area (TPSA) is 92.5 Å². The summed E-state index contributed by atoms with van der Waals surface area (Å²) in [6.07, 6.45) is 0.392. The van der Waals surface area contributed by atoms with Crippen LogP contribution in [0.3, 0.4) is 0 Å². The van der Waals surface area contributed by atoms with Crippen molar-refractivity contribution in [1.29, 1.82) is 0 Å². The summed E-state index contributed by atoms with van der Waals surface area (Å²) < 4.78 is 0. The van der Waals surface area contributed by atoms with Gasteiger partial charge >= 0.3 is 0 Å². The number of nitrogens with two attached hydrogens (primary N) is 1. The van der Waals surface area contributed by atoms with Gasteiger partial charge in [0.15, 0.2) is 0 Å². The van der Waals surface area contributed by atoms with Crippen molar-refractivity contribution in [2.45, 2.75) is 19.8 Å². The van der Waals surface area contributed by atoms with Gasteiger partial charge in [-0.25, -0.2) is 0 Å². The van der Waals surface area contributed by atoms with Crippen molar-refractivity contribution >= 4 is 35.2 Å². The molecular formula is C17H23N3O3S. The fraction of sp³-hybridized carbons (Fsp3) is 0.471. The second-order valence-electron chi connectivity index (χ2n) is 5.93. The molecule has 1 fully saturated rings. The molecule has 3 amide bonds. The molecule has 0 radical (unpaired) electrons. The minimum absolute atomic E-state index is 0.0204. The monoisotopic (exact) mass is 349 g/mol. The maximum Gasteiger partial charge on any atom is 0.227 e. The van der Waals surface area contributed by atoms with Crippen molar-refractivity contribution in [2.75, 3.05) is 29.9 Å².